The highest BCUT2D eigenvalue weighted by Gasteiger charge is 2.29. The highest BCUT2D eigenvalue weighted by Crippen LogP contribution is 2.52. The number of hydrogen-bond acceptors (Lipinski definition) is 6. The highest BCUT2D eigenvalue weighted by molar-refractivity contribution is 7.43. The first kappa shape index (κ1) is 47.4. The van der Waals surface area contributed by atoms with E-state index in [1.807, 2.05) is 121 Å². The van der Waals surface area contributed by atoms with E-state index in [-0.39, 0.29) is 23.7 Å². The fraction of sp³-hybridized carbons (Fsp3) is 0.214. The number of rotatable bonds is 21. The third kappa shape index (κ3) is 11.7. The van der Waals surface area contributed by atoms with Crippen LogP contribution >= 0.6 is 17.2 Å². The van der Waals surface area contributed by atoms with Crippen LogP contribution in [0.1, 0.15) is 124 Å². The van der Waals surface area contributed by atoms with E-state index >= 15 is 0 Å². The van der Waals surface area contributed by atoms with Gasteiger partial charge in [-0.2, -0.15) is 0 Å². The Morgan fingerprint density at radius 1 is 0.328 bits per heavy atom. The molecule has 64 heavy (non-hydrogen) atoms. The number of hydrogen-bond donors (Lipinski definition) is 0. The lowest BCUT2D eigenvalue weighted by Gasteiger charge is -2.25. The lowest BCUT2D eigenvalue weighted by atomic mass is 10.00. The van der Waals surface area contributed by atoms with E-state index in [0.717, 1.165) is 55.6 Å². The molecule has 0 aliphatic rings. The van der Waals surface area contributed by atoms with Gasteiger partial charge in [0.15, 0.2) is 0 Å². The van der Waals surface area contributed by atoms with Crippen LogP contribution in [0, 0.1) is 0 Å². The second-order valence-corrected chi connectivity index (χ2v) is 18.6. The van der Waals surface area contributed by atoms with Crippen molar-refractivity contribution in [2.45, 2.75) is 79.1 Å². The second kappa shape index (κ2) is 22.0. The molecule has 0 N–H and O–H groups in total. The van der Waals surface area contributed by atoms with Gasteiger partial charge in [-0.05, 0) is 129 Å². The Morgan fingerprint density at radius 3 is 0.797 bits per heavy atom. The summed E-state index contributed by atoms with van der Waals surface area (Å²) < 4.78 is 41.1. The van der Waals surface area contributed by atoms with Crippen molar-refractivity contribution in [3.05, 3.63) is 192 Å². The van der Waals surface area contributed by atoms with Crippen LogP contribution in [0.4, 0.5) is 0 Å². The van der Waals surface area contributed by atoms with Gasteiger partial charge in [-0.15, -0.1) is 0 Å². The molecule has 0 heterocycles. The quantitative estimate of drug-likeness (QED) is 0.0671. The van der Waals surface area contributed by atoms with Crippen molar-refractivity contribution in [3.63, 3.8) is 0 Å². The minimum Gasteiger partial charge on any atom is -0.408 e. The van der Waals surface area contributed by atoms with Gasteiger partial charge in [-0.1, -0.05) is 167 Å². The molecule has 0 aliphatic heterocycles. The third-order valence-electron chi connectivity index (χ3n) is 10.7. The molecule has 0 aliphatic carbocycles. The van der Waals surface area contributed by atoms with Gasteiger partial charge in [0, 0.05) is 11.1 Å². The Hall–Kier alpha value is -6.06. The summed E-state index contributed by atoms with van der Waals surface area (Å²) in [6.45, 7) is 33.1. The molecule has 330 valence electrons. The van der Waals surface area contributed by atoms with Crippen molar-refractivity contribution in [1.29, 1.82) is 0 Å². The fourth-order valence-electron chi connectivity index (χ4n) is 7.04. The van der Waals surface area contributed by atoms with Crippen molar-refractivity contribution < 1.29 is 27.1 Å². The Balaban J connectivity index is 1.43. The molecule has 6 aromatic rings. The van der Waals surface area contributed by atoms with Crippen LogP contribution in [0.15, 0.2) is 148 Å². The van der Waals surface area contributed by atoms with Crippen LogP contribution in [0.5, 0.6) is 34.5 Å². The SMILES string of the molecule is C=Cc1ccc(OP(Oc2ccccc2-c2ccccc2OP(Oc2ccc(C=C)cc2C(C)C)Oc2ccc(C=C)cc2C(C)C)Oc2ccc(C=C)cc2C(C)C)c(C(C)C)c1. The summed E-state index contributed by atoms with van der Waals surface area (Å²) in [7, 11) is -4.16. The van der Waals surface area contributed by atoms with Gasteiger partial charge in [-0.3, -0.25) is 0 Å². The maximum Gasteiger partial charge on any atom is 0.530 e. The van der Waals surface area contributed by atoms with Crippen molar-refractivity contribution in [3.8, 4) is 45.6 Å². The number of benzene rings is 6. The summed E-state index contributed by atoms with van der Waals surface area (Å²) in [6, 6.07) is 39.8. The normalized spacial score (nSPS) is 11.3. The van der Waals surface area contributed by atoms with Gasteiger partial charge >= 0.3 is 17.2 Å². The molecule has 0 atom stereocenters. The predicted molar refractivity (Wildman–Crippen MR) is 272 cm³/mol. The summed E-state index contributed by atoms with van der Waals surface area (Å²) in [5.74, 6) is 4.42. The molecule has 0 fully saturated rings. The van der Waals surface area contributed by atoms with Crippen molar-refractivity contribution in [1.82, 2.24) is 0 Å². The molecular weight excluding hydrogens is 831 g/mol. The summed E-state index contributed by atoms with van der Waals surface area (Å²) in [5, 5.41) is 0. The average molecular weight is 891 g/mol. The molecule has 0 amide bonds. The maximum absolute atomic E-state index is 6.92. The first-order chi connectivity index (χ1) is 30.8. The van der Waals surface area contributed by atoms with E-state index in [0.29, 0.717) is 34.5 Å². The topological polar surface area (TPSA) is 55.4 Å². The fourth-order valence-corrected chi connectivity index (χ4v) is 9.21. The van der Waals surface area contributed by atoms with Crippen LogP contribution in [0.2, 0.25) is 0 Å². The van der Waals surface area contributed by atoms with Crippen LogP contribution in [0.3, 0.4) is 0 Å². The number of para-hydroxylation sites is 2. The molecule has 0 radical (unpaired) electrons. The molecular formula is C56H60O6P2. The van der Waals surface area contributed by atoms with Crippen LogP contribution in [-0.4, -0.2) is 0 Å². The molecule has 6 rings (SSSR count). The zero-order valence-corrected chi connectivity index (χ0v) is 40.1. The Kier molecular flexibility index (Phi) is 16.3. The lowest BCUT2D eigenvalue weighted by Crippen LogP contribution is -2.08. The van der Waals surface area contributed by atoms with Crippen molar-refractivity contribution in [2.24, 2.45) is 0 Å². The largest absolute Gasteiger partial charge is 0.530 e. The summed E-state index contributed by atoms with van der Waals surface area (Å²) >= 11 is 0. The minimum absolute atomic E-state index is 0.161. The van der Waals surface area contributed by atoms with E-state index in [1.165, 1.54) is 0 Å². The first-order valence-electron chi connectivity index (χ1n) is 21.7. The van der Waals surface area contributed by atoms with E-state index in [4.69, 9.17) is 27.1 Å². The van der Waals surface area contributed by atoms with Crippen LogP contribution in [0.25, 0.3) is 35.4 Å². The van der Waals surface area contributed by atoms with Crippen LogP contribution in [-0.2, 0) is 0 Å². The van der Waals surface area contributed by atoms with Gasteiger partial charge in [-0.25, -0.2) is 0 Å². The second-order valence-electron chi connectivity index (χ2n) is 16.6. The standard InChI is InChI=1S/C56H60O6P2/c1-13-41-25-29-53(47(33-41)37(5)6)59-63(60-54-30-26-42(14-2)34-48(54)38(7)8)57-51-23-19-17-21-45(51)46-22-18-20-24-52(46)58-64(61-55-31-27-43(15-3)35-49(55)39(9)10)62-56-32-28-44(16-4)36-50(56)40(11)12/h13-40H,1-4H2,5-12H3. The molecule has 8 heteroatoms. The van der Waals surface area contributed by atoms with Gasteiger partial charge in [0.05, 0.1) is 0 Å². The average Bonchev–Trinajstić information content (AvgIpc) is 3.29. The monoisotopic (exact) mass is 890 g/mol. The highest BCUT2D eigenvalue weighted by atomic mass is 31.2. The van der Waals surface area contributed by atoms with Crippen LogP contribution < -0.4 is 27.1 Å². The van der Waals surface area contributed by atoms with E-state index < -0.39 is 17.2 Å². The molecule has 0 saturated heterocycles. The molecule has 0 unspecified atom stereocenters. The molecule has 6 aromatic carbocycles. The molecule has 0 spiro atoms. The molecule has 0 saturated carbocycles. The zero-order valence-electron chi connectivity index (χ0n) is 38.3. The first-order valence-corrected chi connectivity index (χ1v) is 23.9. The van der Waals surface area contributed by atoms with Gasteiger partial charge in [0.2, 0.25) is 0 Å². The Bertz CT molecular complexity index is 2280. The Labute approximate surface area is 383 Å². The van der Waals surface area contributed by atoms with Gasteiger partial charge < -0.3 is 27.1 Å². The Morgan fingerprint density at radius 2 is 0.562 bits per heavy atom. The predicted octanol–water partition coefficient (Wildman–Crippen LogP) is 17.9. The van der Waals surface area contributed by atoms with Gasteiger partial charge in [0.1, 0.15) is 34.5 Å². The van der Waals surface area contributed by atoms with Crippen molar-refractivity contribution in [2.75, 3.05) is 0 Å². The summed E-state index contributed by atoms with van der Waals surface area (Å²) in [5.41, 5.74) is 9.61. The van der Waals surface area contributed by atoms with Crippen molar-refractivity contribution >= 4 is 41.5 Å². The summed E-state index contributed by atoms with van der Waals surface area (Å²) in [4.78, 5) is 0. The van der Waals surface area contributed by atoms with E-state index in [1.54, 1.807) is 0 Å². The van der Waals surface area contributed by atoms with E-state index in [9.17, 15) is 0 Å². The molecule has 0 bridgehead atoms. The zero-order chi connectivity index (χ0) is 45.9. The lowest BCUT2D eigenvalue weighted by molar-refractivity contribution is 0.381. The maximum atomic E-state index is 6.92. The van der Waals surface area contributed by atoms with Gasteiger partial charge in [0.25, 0.3) is 0 Å². The minimum atomic E-state index is -2.08. The molecule has 6 nitrogen and oxygen atoms in total. The van der Waals surface area contributed by atoms with E-state index in [2.05, 4.69) is 106 Å². The smallest absolute Gasteiger partial charge is 0.408 e. The summed E-state index contributed by atoms with van der Waals surface area (Å²) in [6.07, 6.45) is 7.34. The molecule has 0 aromatic heterocycles. The third-order valence-corrected chi connectivity index (χ3v) is 12.7.